The smallest absolute Gasteiger partial charge is 0.319 e. The third-order valence-corrected chi connectivity index (χ3v) is 3.34. The van der Waals surface area contributed by atoms with Crippen molar-refractivity contribution in [3.8, 4) is 0 Å². The molecule has 0 aliphatic carbocycles. The maximum Gasteiger partial charge on any atom is 0.416 e. The van der Waals surface area contributed by atoms with Crippen LogP contribution in [-0.2, 0) is 12.6 Å². The third-order valence-electron chi connectivity index (χ3n) is 3.34. The molecule has 23 heavy (non-hydrogen) atoms. The lowest BCUT2D eigenvalue weighted by molar-refractivity contribution is -0.137. The molecule has 7 heteroatoms. The average molecular weight is 325 g/mol. The van der Waals surface area contributed by atoms with E-state index in [1.165, 1.54) is 0 Å². The molecule has 2 rings (SSSR count). The van der Waals surface area contributed by atoms with E-state index in [9.17, 15) is 18.0 Å². The van der Waals surface area contributed by atoms with Crippen molar-refractivity contribution >= 4 is 11.6 Å². The molecule has 0 aliphatic rings. The molecule has 0 unspecified atom stereocenters. The van der Waals surface area contributed by atoms with Crippen molar-refractivity contribution in [3.63, 3.8) is 0 Å². The second-order valence-corrected chi connectivity index (χ2v) is 5.80. The molecule has 0 saturated heterocycles. The van der Waals surface area contributed by atoms with E-state index in [-0.39, 0.29) is 5.56 Å². The zero-order chi connectivity index (χ0) is 17.2. The van der Waals surface area contributed by atoms with E-state index in [4.69, 9.17) is 0 Å². The van der Waals surface area contributed by atoms with Gasteiger partial charge in [0.15, 0.2) is 0 Å². The highest BCUT2D eigenvalue weighted by Gasteiger charge is 2.30. The Kier molecular flexibility index (Phi) is 4.77. The van der Waals surface area contributed by atoms with Crippen LogP contribution in [0.15, 0.2) is 24.3 Å². The zero-order valence-corrected chi connectivity index (χ0v) is 13.1. The predicted molar refractivity (Wildman–Crippen MR) is 81.3 cm³/mol. The van der Waals surface area contributed by atoms with E-state index in [1.807, 2.05) is 13.8 Å². The standard InChI is InChI=1S/C16H18F3N3O/c1-9(2)8-13-14(10(3)21-22-13)20-15(23)11-4-6-12(7-5-11)16(17,18)19/h4-7,9H,8H2,1-3H3,(H,20,23)(H,21,22). The van der Waals surface area contributed by atoms with Crippen LogP contribution in [0.1, 0.15) is 41.2 Å². The summed E-state index contributed by atoms with van der Waals surface area (Å²) >= 11 is 0. The fourth-order valence-electron chi connectivity index (χ4n) is 2.18. The van der Waals surface area contributed by atoms with Crippen molar-refractivity contribution in [2.45, 2.75) is 33.4 Å². The van der Waals surface area contributed by atoms with Gasteiger partial charge in [-0.05, 0) is 43.5 Å². The minimum atomic E-state index is -4.42. The lowest BCUT2D eigenvalue weighted by Gasteiger charge is -2.10. The van der Waals surface area contributed by atoms with Crippen molar-refractivity contribution in [1.29, 1.82) is 0 Å². The summed E-state index contributed by atoms with van der Waals surface area (Å²) in [5.41, 5.74) is 1.41. The summed E-state index contributed by atoms with van der Waals surface area (Å²) in [6.07, 6.45) is -3.73. The first kappa shape index (κ1) is 17.1. The van der Waals surface area contributed by atoms with Crippen molar-refractivity contribution in [1.82, 2.24) is 10.2 Å². The number of carbonyl (C=O) groups excluding carboxylic acids is 1. The maximum absolute atomic E-state index is 12.5. The van der Waals surface area contributed by atoms with Gasteiger partial charge in [0.1, 0.15) is 0 Å². The zero-order valence-electron chi connectivity index (χ0n) is 13.1. The summed E-state index contributed by atoms with van der Waals surface area (Å²) in [6, 6.07) is 4.11. The molecule has 0 bridgehead atoms. The minimum absolute atomic E-state index is 0.161. The van der Waals surface area contributed by atoms with Gasteiger partial charge in [-0.1, -0.05) is 13.8 Å². The van der Waals surface area contributed by atoms with Crippen LogP contribution in [0.25, 0.3) is 0 Å². The van der Waals surface area contributed by atoms with E-state index in [0.717, 1.165) is 30.0 Å². The lowest BCUT2D eigenvalue weighted by Crippen LogP contribution is -2.14. The highest BCUT2D eigenvalue weighted by molar-refractivity contribution is 6.04. The van der Waals surface area contributed by atoms with Gasteiger partial charge in [-0.15, -0.1) is 0 Å². The number of nitrogens with one attached hydrogen (secondary N) is 2. The van der Waals surface area contributed by atoms with Crippen molar-refractivity contribution in [2.75, 3.05) is 5.32 Å². The number of aryl methyl sites for hydroxylation is 1. The average Bonchev–Trinajstić information content (AvgIpc) is 2.79. The van der Waals surface area contributed by atoms with Crippen molar-refractivity contribution in [3.05, 3.63) is 46.8 Å². The molecule has 1 heterocycles. The van der Waals surface area contributed by atoms with E-state index in [1.54, 1.807) is 6.92 Å². The fourth-order valence-corrected chi connectivity index (χ4v) is 2.18. The number of halogens is 3. The molecule has 1 amide bonds. The third kappa shape index (κ3) is 4.12. The second kappa shape index (κ2) is 6.44. The van der Waals surface area contributed by atoms with Gasteiger partial charge in [0.05, 0.1) is 22.6 Å². The summed E-state index contributed by atoms with van der Waals surface area (Å²) in [5.74, 6) is -0.104. The van der Waals surface area contributed by atoms with Gasteiger partial charge in [0.25, 0.3) is 5.91 Å². The van der Waals surface area contributed by atoms with Crippen LogP contribution in [0.4, 0.5) is 18.9 Å². The molecule has 0 atom stereocenters. The van der Waals surface area contributed by atoms with Gasteiger partial charge >= 0.3 is 6.18 Å². The molecule has 0 radical (unpaired) electrons. The number of H-pyrrole nitrogens is 1. The highest BCUT2D eigenvalue weighted by atomic mass is 19.4. The predicted octanol–water partition coefficient (Wildman–Crippen LogP) is 4.19. The van der Waals surface area contributed by atoms with Crippen molar-refractivity contribution in [2.24, 2.45) is 5.92 Å². The largest absolute Gasteiger partial charge is 0.416 e. The number of benzene rings is 1. The second-order valence-electron chi connectivity index (χ2n) is 5.80. The van der Waals surface area contributed by atoms with Gasteiger partial charge in [0.2, 0.25) is 0 Å². The van der Waals surface area contributed by atoms with Gasteiger partial charge in [-0.3, -0.25) is 9.89 Å². The number of carbonyl (C=O) groups is 1. The van der Waals surface area contributed by atoms with E-state index >= 15 is 0 Å². The Labute approximate surface area is 132 Å². The van der Waals surface area contributed by atoms with Crippen LogP contribution in [0, 0.1) is 12.8 Å². The number of anilines is 1. The molecule has 0 aliphatic heterocycles. The lowest BCUT2D eigenvalue weighted by atomic mass is 10.1. The van der Waals surface area contributed by atoms with Crippen LogP contribution in [0.3, 0.4) is 0 Å². The number of nitrogens with zero attached hydrogens (tertiary/aromatic N) is 1. The normalized spacial score (nSPS) is 11.8. The van der Waals surface area contributed by atoms with Crippen LogP contribution >= 0.6 is 0 Å². The van der Waals surface area contributed by atoms with Crippen LogP contribution in [-0.4, -0.2) is 16.1 Å². The molecule has 1 aromatic heterocycles. The van der Waals surface area contributed by atoms with Crippen LogP contribution in [0.5, 0.6) is 0 Å². The Morgan fingerprint density at radius 2 is 1.87 bits per heavy atom. The Hall–Kier alpha value is -2.31. The Bertz CT molecular complexity index is 688. The number of rotatable bonds is 4. The van der Waals surface area contributed by atoms with Gasteiger partial charge in [-0.25, -0.2) is 0 Å². The first-order chi connectivity index (χ1) is 10.7. The van der Waals surface area contributed by atoms with Gasteiger partial charge < -0.3 is 5.32 Å². The van der Waals surface area contributed by atoms with E-state index in [2.05, 4.69) is 15.5 Å². The number of alkyl halides is 3. The summed E-state index contributed by atoms with van der Waals surface area (Å²) in [7, 11) is 0. The molecule has 124 valence electrons. The Morgan fingerprint density at radius 3 is 2.39 bits per heavy atom. The summed E-state index contributed by atoms with van der Waals surface area (Å²) in [4.78, 5) is 12.2. The molecule has 0 spiro atoms. The number of hydrogen-bond donors (Lipinski definition) is 2. The fraction of sp³-hybridized carbons (Fsp3) is 0.375. The number of hydrogen-bond acceptors (Lipinski definition) is 2. The number of amides is 1. The van der Waals surface area contributed by atoms with Crippen molar-refractivity contribution < 1.29 is 18.0 Å². The first-order valence-electron chi connectivity index (χ1n) is 7.21. The molecule has 0 saturated carbocycles. The van der Waals surface area contributed by atoms with E-state index in [0.29, 0.717) is 23.7 Å². The number of aromatic nitrogens is 2. The molecular weight excluding hydrogens is 307 g/mol. The van der Waals surface area contributed by atoms with Crippen LogP contribution in [0.2, 0.25) is 0 Å². The number of aromatic amines is 1. The molecular formula is C16H18F3N3O. The Balaban J connectivity index is 2.18. The maximum atomic E-state index is 12.5. The highest BCUT2D eigenvalue weighted by Crippen LogP contribution is 2.29. The van der Waals surface area contributed by atoms with Gasteiger partial charge in [0, 0.05) is 5.56 Å². The monoisotopic (exact) mass is 325 g/mol. The molecule has 2 N–H and O–H groups in total. The topological polar surface area (TPSA) is 57.8 Å². The molecule has 4 nitrogen and oxygen atoms in total. The SMILES string of the molecule is Cc1[nH]nc(CC(C)C)c1NC(=O)c1ccc(C(F)(F)F)cc1. The molecule has 1 aromatic carbocycles. The van der Waals surface area contributed by atoms with Crippen LogP contribution < -0.4 is 5.32 Å². The molecule has 2 aromatic rings. The van der Waals surface area contributed by atoms with E-state index < -0.39 is 17.6 Å². The minimum Gasteiger partial charge on any atom is -0.319 e. The van der Waals surface area contributed by atoms with Gasteiger partial charge in [-0.2, -0.15) is 18.3 Å². The summed E-state index contributed by atoms with van der Waals surface area (Å²) in [5, 5.41) is 9.70. The molecule has 0 fully saturated rings. The summed E-state index contributed by atoms with van der Waals surface area (Å²) < 4.78 is 37.6. The summed E-state index contributed by atoms with van der Waals surface area (Å²) in [6.45, 7) is 5.84. The quantitative estimate of drug-likeness (QED) is 0.885. The Morgan fingerprint density at radius 1 is 1.26 bits per heavy atom. The first-order valence-corrected chi connectivity index (χ1v) is 7.21.